The topological polar surface area (TPSA) is 63.2 Å². The van der Waals surface area contributed by atoms with Gasteiger partial charge in [-0.3, -0.25) is 0 Å². The molecule has 6 heteroatoms. The molecular weight excluding hydrogens is 165 g/mol. The van der Waals surface area contributed by atoms with E-state index in [0.717, 1.165) is 0 Å². The van der Waals surface area contributed by atoms with Crippen molar-refractivity contribution in [2.24, 2.45) is 0 Å². The van der Waals surface area contributed by atoms with Crippen LogP contribution < -0.4 is 52.8 Å². The summed E-state index contributed by atoms with van der Waals surface area (Å²) >= 11 is 0. The van der Waals surface area contributed by atoms with Crippen LogP contribution in [0.1, 0.15) is 0 Å². The molecule has 0 unspecified atom stereocenters. The third kappa shape index (κ3) is 4.56. The van der Waals surface area contributed by atoms with Gasteiger partial charge in [-0.15, -0.1) is 0 Å². The second-order valence-electron chi connectivity index (χ2n) is 1.83. The van der Waals surface area contributed by atoms with Crippen LogP contribution >= 0.6 is 7.60 Å². The second-order valence-corrected chi connectivity index (χ2v) is 3.34. The van der Waals surface area contributed by atoms with Gasteiger partial charge in [0.2, 0.25) is 0 Å². The minimum Gasteiger partial charge on any atom is -0.807 e. The first kappa shape index (κ1) is 15.1. The molecule has 0 amide bonds. The van der Waals surface area contributed by atoms with Crippen LogP contribution in [0.4, 0.5) is 0 Å². The average Bonchev–Trinajstić information content (AvgIpc) is 1.88. The van der Waals surface area contributed by atoms with Crippen molar-refractivity contribution in [3.8, 4) is 0 Å². The Kier molecular flexibility index (Phi) is 7.63. The van der Waals surface area contributed by atoms with Crippen molar-refractivity contribution in [1.29, 1.82) is 0 Å². The van der Waals surface area contributed by atoms with Gasteiger partial charge in [-0.1, -0.05) is 30.3 Å². The number of hydrogen-bond donors (Lipinski definition) is 0. The average molecular weight is 170 g/mol. The molecule has 0 spiro atoms. The zero-order valence-corrected chi connectivity index (χ0v) is 7.95. The molecule has 0 saturated heterocycles. The summed E-state index contributed by atoms with van der Waals surface area (Å²) in [6.45, 7) is 0. The number of benzene rings is 1. The Labute approximate surface area is 95.1 Å². The molecule has 0 saturated carbocycles. The first-order valence-electron chi connectivity index (χ1n) is 2.68. The van der Waals surface area contributed by atoms with Gasteiger partial charge in [0.15, 0.2) is 0 Å². The van der Waals surface area contributed by atoms with Crippen molar-refractivity contribution in [2.75, 3.05) is 0 Å². The summed E-state index contributed by atoms with van der Waals surface area (Å²) in [6, 6.07) is 7.23. The molecular formula is C6H5Li2O3P. The molecule has 54 valence electrons. The van der Waals surface area contributed by atoms with E-state index in [1.807, 2.05) is 0 Å². The third-order valence-electron chi connectivity index (χ3n) is 1.07. The Balaban J connectivity index is 0. The Morgan fingerprint density at radius 2 is 1.42 bits per heavy atom. The summed E-state index contributed by atoms with van der Waals surface area (Å²) in [5, 5.41) is -0.157. The van der Waals surface area contributed by atoms with E-state index in [-0.39, 0.29) is 43.0 Å². The standard InChI is InChI=1S/C6H7O3P.2Li/c7-10(8,9)6-4-2-1-3-5-6;;/h1-5H,(H2,7,8,9);;/q;2*+1/p-2. The molecule has 0 N–H and O–H groups in total. The van der Waals surface area contributed by atoms with Crippen LogP contribution in [0.15, 0.2) is 30.3 Å². The van der Waals surface area contributed by atoms with Gasteiger partial charge < -0.3 is 14.4 Å². The van der Waals surface area contributed by atoms with Crippen LogP contribution in [0, 0.1) is 0 Å². The Morgan fingerprint density at radius 3 is 1.67 bits per heavy atom. The zero-order chi connectivity index (χ0) is 7.61. The summed E-state index contributed by atoms with van der Waals surface area (Å²) in [7, 11) is -4.52. The largest absolute Gasteiger partial charge is 1.00 e. The summed E-state index contributed by atoms with van der Waals surface area (Å²) in [5.41, 5.74) is 0. The Hall–Kier alpha value is 0.565. The van der Waals surface area contributed by atoms with Gasteiger partial charge in [0.05, 0.1) is 0 Å². The fraction of sp³-hybridized carbons (Fsp3) is 0. The predicted molar refractivity (Wildman–Crippen MR) is 33.7 cm³/mol. The van der Waals surface area contributed by atoms with Gasteiger partial charge in [0.25, 0.3) is 0 Å². The maximum atomic E-state index is 10.3. The van der Waals surface area contributed by atoms with Crippen LogP contribution in [0.3, 0.4) is 0 Å². The molecule has 12 heavy (non-hydrogen) atoms. The molecule has 0 radical (unpaired) electrons. The molecule has 0 bridgehead atoms. The van der Waals surface area contributed by atoms with Gasteiger partial charge in [-0.05, 0) is 12.9 Å². The molecule has 3 nitrogen and oxygen atoms in total. The Morgan fingerprint density at radius 1 is 1.00 bits per heavy atom. The summed E-state index contributed by atoms with van der Waals surface area (Å²) in [4.78, 5) is 20.6. The molecule has 0 heterocycles. The minimum absolute atomic E-state index is 0. The summed E-state index contributed by atoms with van der Waals surface area (Å²) in [6.07, 6.45) is 0. The fourth-order valence-corrected chi connectivity index (χ4v) is 1.15. The predicted octanol–water partition coefficient (Wildman–Crippen LogP) is -6.77. The van der Waals surface area contributed by atoms with Crippen LogP contribution in [0.25, 0.3) is 0 Å². The molecule has 1 aromatic rings. The van der Waals surface area contributed by atoms with Crippen LogP contribution in [0.5, 0.6) is 0 Å². The van der Waals surface area contributed by atoms with Gasteiger partial charge in [0.1, 0.15) is 0 Å². The van der Waals surface area contributed by atoms with Crippen molar-refractivity contribution in [1.82, 2.24) is 0 Å². The maximum Gasteiger partial charge on any atom is 1.00 e. The van der Waals surface area contributed by atoms with Crippen molar-refractivity contribution >= 4 is 12.9 Å². The molecule has 0 fully saturated rings. The summed E-state index contributed by atoms with van der Waals surface area (Å²) in [5.74, 6) is 0. The normalized spacial score (nSPS) is 9.50. The van der Waals surface area contributed by atoms with E-state index < -0.39 is 7.60 Å². The quantitative estimate of drug-likeness (QED) is 0.311. The van der Waals surface area contributed by atoms with Crippen molar-refractivity contribution in [2.45, 2.75) is 0 Å². The molecule has 0 aliphatic rings. The first-order valence-corrected chi connectivity index (χ1v) is 4.22. The van der Waals surface area contributed by atoms with Gasteiger partial charge in [-0.25, -0.2) is 0 Å². The number of rotatable bonds is 1. The minimum atomic E-state index is -4.52. The van der Waals surface area contributed by atoms with E-state index in [1.165, 1.54) is 24.3 Å². The fourth-order valence-electron chi connectivity index (χ4n) is 0.611. The molecule has 0 aliphatic carbocycles. The van der Waals surface area contributed by atoms with Gasteiger partial charge in [-0.2, -0.15) is 0 Å². The van der Waals surface area contributed by atoms with Gasteiger partial charge >= 0.3 is 37.7 Å². The van der Waals surface area contributed by atoms with E-state index in [4.69, 9.17) is 0 Å². The molecule has 1 rings (SSSR count). The Bertz CT molecular complexity index is 259. The van der Waals surface area contributed by atoms with Gasteiger partial charge in [0, 0.05) is 0 Å². The van der Waals surface area contributed by atoms with E-state index in [1.54, 1.807) is 6.07 Å². The first-order chi connectivity index (χ1) is 4.61. The second kappa shape index (κ2) is 6.08. The van der Waals surface area contributed by atoms with Crippen molar-refractivity contribution in [3.63, 3.8) is 0 Å². The van der Waals surface area contributed by atoms with Crippen molar-refractivity contribution < 1.29 is 52.1 Å². The molecule has 0 atom stereocenters. The molecule has 1 aromatic carbocycles. The van der Waals surface area contributed by atoms with E-state index >= 15 is 0 Å². The number of hydrogen-bond acceptors (Lipinski definition) is 3. The third-order valence-corrected chi connectivity index (χ3v) is 2.00. The maximum absolute atomic E-state index is 10.3. The smallest absolute Gasteiger partial charge is 0.807 e. The monoisotopic (exact) mass is 170 g/mol. The van der Waals surface area contributed by atoms with Crippen LogP contribution in [-0.2, 0) is 4.57 Å². The van der Waals surface area contributed by atoms with E-state index in [9.17, 15) is 14.4 Å². The van der Waals surface area contributed by atoms with Crippen LogP contribution in [-0.4, -0.2) is 0 Å². The SMILES string of the molecule is O=P([O-])([O-])c1ccccc1.[Li+].[Li+]. The molecule has 0 aliphatic heterocycles. The van der Waals surface area contributed by atoms with E-state index in [2.05, 4.69) is 0 Å². The molecule has 0 aromatic heterocycles. The van der Waals surface area contributed by atoms with Crippen molar-refractivity contribution in [3.05, 3.63) is 30.3 Å². The zero-order valence-electron chi connectivity index (χ0n) is 7.06. The summed E-state index contributed by atoms with van der Waals surface area (Å²) < 4.78 is 10.3. The van der Waals surface area contributed by atoms with Crippen LogP contribution in [0.2, 0.25) is 0 Å². The van der Waals surface area contributed by atoms with E-state index in [0.29, 0.717) is 0 Å².